The molecule has 0 radical (unpaired) electrons. The summed E-state index contributed by atoms with van der Waals surface area (Å²) in [6.45, 7) is 2.02. The standard InChI is InChI=1S/C10H17N3/c1-8-7-12-13(10(8)11)9-5-3-2-4-6-9/h7,9H,2-6,11H2,1H3. The largest absolute Gasteiger partial charge is 0.384 e. The van der Waals surface area contributed by atoms with Gasteiger partial charge >= 0.3 is 0 Å². The molecule has 2 N–H and O–H groups in total. The van der Waals surface area contributed by atoms with Crippen molar-refractivity contribution in [2.45, 2.75) is 45.1 Å². The van der Waals surface area contributed by atoms with Gasteiger partial charge < -0.3 is 5.73 Å². The molecule has 72 valence electrons. The third-order valence-corrected chi connectivity index (χ3v) is 2.95. The molecule has 1 saturated carbocycles. The van der Waals surface area contributed by atoms with Crippen molar-refractivity contribution in [2.24, 2.45) is 0 Å². The van der Waals surface area contributed by atoms with Gasteiger partial charge in [0, 0.05) is 5.56 Å². The number of rotatable bonds is 1. The normalized spacial score (nSPS) is 19.2. The van der Waals surface area contributed by atoms with Crippen molar-refractivity contribution in [3.05, 3.63) is 11.8 Å². The first-order valence-electron chi connectivity index (χ1n) is 5.08. The Bertz CT molecular complexity index is 284. The van der Waals surface area contributed by atoms with Crippen LogP contribution in [-0.2, 0) is 0 Å². The molecule has 0 aromatic carbocycles. The van der Waals surface area contributed by atoms with Crippen molar-refractivity contribution < 1.29 is 0 Å². The van der Waals surface area contributed by atoms with Crippen LogP contribution in [0.3, 0.4) is 0 Å². The zero-order chi connectivity index (χ0) is 9.26. The summed E-state index contributed by atoms with van der Waals surface area (Å²) >= 11 is 0. The molecule has 0 unspecified atom stereocenters. The van der Waals surface area contributed by atoms with Crippen LogP contribution in [0.15, 0.2) is 6.20 Å². The topological polar surface area (TPSA) is 43.8 Å². The van der Waals surface area contributed by atoms with E-state index in [0.29, 0.717) is 6.04 Å². The Balaban J connectivity index is 2.18. The maximum absolute atomic E-state index is 5.93. The molecule has 0 aliphatic heterocycles. The number of nitrogen functional groups attached to an aromatic ring is 1. The highest BCUT2D eigenvalue weighted by atomic mass is 15.3. The molecular weight excluding hydrogens is 162 g/mol. The Morgan fingerprint density at radius 2 is 2.08 bits per heavy atom. The van der Waals surface area contributed by atoms with E-state index in [-0.39, 0.29) is 0 Å². The minimum atomic E-state index is 0.558. The first kappa shape index (κ1) is 8.60. The van der Waals surface area contributed by atoms with Gasteiger partial charge in [-0.1, -0.05) is 19.3 Å². The lowest BCUT2D eigenvalue weighted by Crippen LogP contribution is -2.16. The number of nitrogens with two attached hydrogens (primary N) is 1. The summed E-state index contributed by atoms with van der Waals surface area (Å²) in [6.07, 6.45) is 8.36. The van der Waals surface area contributed by atoms with Crippen LogP contribution in [0.4, 0.5) is 5.82 Å². The Hall–Kier alpha value is -0.990. The van der Waals surface area contributed by atoms with E-state index in [2.05, 4.69) is 5.10 Å². The molecule has 1 aliphatic carbocycles. The molecule has 1 aromatic heterocycles. The van der Waals surface area contributed by atoms with Crippen molar-refractivity contribution in [1.29, 1.82) is 0 Å². The molecule has 3 nitrogen and oxygen atoms in total. The van der Waals surface area contributed by atoms with Crippen molar-refractivity contribution >= 4 is 5.82 Å². The van der Waals surface area contributed by atoms with Gasteiger partial charge in [0.15, 0.2) is 0 Å². The van der Waals surface area contributed by atoms with E-state index in [1.807, 2.05) is 17.8 Å². The van der Waals surface area contributed by atoms with Gasteiger partial charge in [-0.3, -0.25) is 0 Å². The van der Waals surface area contributed by atoms with Gasteiger partial charge in [0.1, 0.15) is 5.82 Å². The molecule has 0 atom stereocenters. The van der Waals surface area contributed by atoms with Crippen molar-refractivity contribution in [3.8, 4) is 0 Å². The molecule has 1 aromatic rings. The Morgan fingerprint density at radius 3 is 2.62 bits per heavy atom. The van der Waals surface area contributed by atoms with Crippen LogP contribution >= 0.6 is 0 Å². The summed E-state index contributed by atoms with van der Waals surface area (Å²) in [7, 11) is 0. The molecule has 0 bridgehead atoms. The van der Waals surface area contributed by atoms with Crippen LogP contribution in [0.2, 0.25) is 0 Å². The smallest absolute Gasteiger partial charge is 0.124 e. The fourth-order valence-electron chi connectivity index (χ4n) is 2.07. The number of hydrogen-bond acceptors (Lipinski definition) is 2. The highest BCUT2D eigenvalue weighted by Crippen LogP contribution is 2.29. The molecule has 13 heavy (non-hydrogen) atoms. The van der Waals surface area contributed by atoms with Crippen molar-refractivity contribution in [1.82, 2.24) is 9.78 Å². The average Bonchev–Trinajstić information content (AvgIpc) is 2.49. The zero-order valence-corrected chi connectivity index (χ0v) is 8.16. The summed E-state index contributed by atoms with van der Waals surface area (Å²) in [4.78, 5) is 0. The zero-order valence-electron chi connectivity index (χ0n) is 8.16. The monoisotopic (exact) mass is 179 g/mol. The molecule has 1 aliphatic rings. The van der Waals surface area contributed by atoms with Gasteiger partial charge in [0.2, 0.25) is 0 Å². The van der Waals surface area contributed by atoms with Crippen LogP contribution in [0, 0.1) is 6.92 Å². The quantitative estimate of drug-likeness (QED) is 0.718. The highest BCUT2D eigenvalue weighted by molar-refractivity contribution is 5.37. The number of hydrogen-bond donors (Lipinski definition) is 1. The second-order valence-corrected chi connectivity index (χ2v) is 3.95. The van der Waals surface area contributed by atoms with Gasteiger partial charge in [-0.25, -0.2) is 4.68 Å². The van der Waals surface area contributed by atoms with E-state index >= 15 is 0 Å². The number of nitrogens with zero attached hydrogens (tertiary/aromatic N) is 2. The van der Waals surface area contributed by atoms with Crippen molar-refractivity contribution in [2.75, 3.05) is 5.73 Å². The third kappa shape index (κ3) is 1.55. The van der Waals surface area contributed by atoms with Gasteiger partial charge in [-0.05, 0) is 19.8 Å². The first-order valence-corrected chi connectivity index (χ1v) is 5.08. The van der Waals surface area contributed by atoms with Gasteiger partial charge in [-0.2, -0.15) is 5.10 Å². The summed E-state index contributed by atoms with van der Waals surface area (Å²) in [5.74, 6) is 0.854. The second kappa shape index (κ2) is 3.40. The number of anilines is 1. The lowest BCUT2D eigenvalue weighted by molar-refractivity contribution is 0.333. The predicted molar refractivity (Wildman–Crippen MR) is 53.5 cm³/mol. The molecule has 2 rings (SSSR count). The van der Waals surface area contributed by atoms with Gasteiger partial charge in [0.05, 0.1) is 12.2 Å². The molecule has 0 saturated heterocycles. The third-order valence-electron chi connectivity index (χ3n) is 2.95. The molecule has 1 fully saturated rings. The minimum absolute atomic E-state index is 0.558. The predicted octanol–water partition coefficient (Wildman–Crippen LogP) is 2.28. The molecule has 3 heteroatoms. The SMILES string of the molecule is Cc1cnn(C2CCCCC2)c1N. The highest BCUT2D eigenvalue weighted by Gasteiger charge is 2.18. The Labute approximate surface area is 78.9 Å². The first-order chi connectivity index (χ1) is 6.29. The van der Waals surface area contributed by atoms with Crippen LogP contribution in [0.25, 0.3) is 0 Å². The second-order valence-electron chi connectivity index (χ2n) is 3.95. The van der Waals surface area contributed by atoms with Crippen LogP contribution in [0.1, 0.15) is 43.7 Å². The lowest BCUT2D eigenvalue weighted by atomic mass is 9.96. The van der Waals surface area contributed by atoms with E-state index in [1.165, 1.54) is 32.1 Å². The average molecular weight is 179 g/mol. The minimum Gasteiger partial charge on any atom is -0.384 e. The van der Waals surface area contributed by atoms with E-state index in [0.717, 1.165) is 11.4 Å². The summed E-state index contributed by atoms with van der Waals surface area (Å²) in [5, 5.41) is 4.33. The van der Waals surface area contributed by atoms with Crippen LogP contribution in [0.5, 0.6) is 0 Å². The van der Waals surface area contributed by atoms with E-state index in [4.69, 9.17) is 5.73 Å². The fraction of sp³-hybridized carbons (Fsp3) is 0.700. The Kier molecular flexibility index (Phi) is 2.25. The number of aromatic nitrogens is 2. The molecule has 1 heterocycles. The molecular formula is C10H17N3. The van der Waals surface area contributed by atoms with Gasteiger partial charge in [-0.15, -0.1) is 0 Å². The van der Waals surface area contributed by atoms with Crippen LogP contribution < -0.4 is 5.73 Å². The summed E-state index contributed by atoms with van der Waals surface area (Å²) in [5.41, 5.74) is 7.04. The van der Waals surface area contributed by atoms with Gasteiger partial charge in [0.25, 0.3) is 0 Å². The Morgan fingerprint density at radius 1 is 1.38 bits per heavy atom. The maximum atomic E-state index is 5.93. The van der Waals surface area contributed by atoms with Crippen LogP contribution in [-0.4, -0.2) is 9.78 Å². The lowest BCUT2D eigenvalue weighted by Gasteiger charge is -2.22. The summed E-state index contributed by atoms with van der Waals surface area (Å²) in [6, 6.07) is 0.558. The maximum Gasteiger partial charge on any atom is 0.124 e. The molecule has 0 amide bonds. The van der Waals surface area contributed by atoms with E-state index in [9.17, 15) is 0 Å². The van der Waals surface area contributed by atoms with E-state index < -0.39 is 0 Å². The summed E-state index contributed by atoms with van der Waals surface area (Å²) < 4.78 is 2.01. The van der Waals surface area contributed by atoms with Crippen molar-refractivity contribution in [3.63, 3.8) is 0 Å². The molecule has 0 spiro atoms. The fourth-order valence-corrected chi connectivity index (χ4v) is 2.07. The van der Waals surface area contributed by atoms with E-state index in [1.54, 1.807) is 0 Å². The number of aryl methyl sites for hydroxylation is 1.